The molecule has 172 valence electrons. The van der Waals surface area contributed by atoms with Crippen molar-refractivity contribution in [2.24, 2.45) is 0 Å². The summed E-state index contributed by atoms with van der Waals surface area (Å²) >= 11 is 0. The fourth-order valence-corrected chi connectivity index (χ4v) is 4.04. The first kappa shape index (κ1) is 22.2. The molecule has 5 rings (SSSR count). The standard InChI is InChI=1S/C16H14F3N5O2.C6H12/c1-9-12-13(25-7-6-23(12)2)15-21-20-14(24(15)22-9)10-4-3-5-11(8-10)26-16(17,18)19;1-2-4-6-5-3-1/h3-5,8H,6-7H2,1-2H3;1-6H2. The lowest BCUT2D eigenvalue weighted by Gasteiger charge is -2.28. The van der Waals surface area contributed by atoms with Crippen LogP contribution in [0, 0.1) is 6.92 Å². The smallest absolute Gasteiger partial charge is 0.486 e. The number of hydrogen-bond donors (Lipinski definition) is 0. The van der Waals surface area contributed by atoms with Gasteiger partial charge in [0.25, 0.3) is 0 Å². The zero-order valence-corrected chi connectivity index (χ0v) is 18.2. The van der Waals surface area contributed by atoms with Crippen molar-refractivity contribution in [1.29, 1.82) is 0 Å². The van der Waals surface area contributed by atoms with Gasteiger partial charge >= 0.3 is 6.36 Å². The molecule has 0 bridgehead atoms. The third kappa shape index (κ3) is 4.89. The normalized spacial score (nSPS) is 16.1. The molecule has 1 aliphatic heterocycles. The van der Waals surface area contributed by atoms with Crippen molar-refractivity contribution in [3.8, 4) is 22.9 Å². The van der Waals surface area contributed by atoms with Crippen LogP contribution in [0.25, 0.3) is 17.0 Å². The van der Waals surface area contributed by atoms with Gasteiger partial charge in [-0.15, -0.1) is 23.4 Å². The fraction of sp³-hybridized carbons (Fsp3) is 0.500. The molecule has 0 saturated heterocycles. The molecule has 3 heterocycles. The maximum atomic E-state index is 12.5. The van der Waals surface area contributed by atoms with Gasteiger partial charge in [-0.05, 0) is 19.1 Å². The highest BCUT2D eigenvalue weighted by molar-refractivity contribution is 5.75. The van der Waals surface area contributed by atoms with Crippen LogP contribution in [0.1, 0.15) is 44.2 Å². The van der Waals surface area contributed by atoms with Crippen LogP contribution in [0.5, 0.6) is 11.5 Å². The lowest BCUT2D eigenvalue weighted by molar-refractivity contribution is -0.274. The summed E-state index contributed by atoms with van der Waals surface area (Å²) in [5.41, 5.74) is 2.35. The first-order valence-corrected chi connectivity index (χ1v) is 10.8. The summed E-state index contributed by atoms with van der Waals surface area (Å²) in [6.07, 6.45) is 4.23. The van der Waals surface area contributed by atoms with E-state index < -0.39 is 6.36 Å². The van der Waals surface area contributed by atoms with Gasteiger partial charge in [0.2, 0.25) is 5.65 Å². The topological polar surface area (TPSA) is 64.8 Å². The number of halogens is 3. The first-order chi connectivity index (χ1) is 15.3. The first-order valence-electron chi connectivity index (χ1n) is 10.8. The van der Waals surface area contributed by atoms with Gasteiger partial charge < -0.3 is 14.4 Å². The highest BCUT2D eigenvalue weighted by Gasteiger charge is 2.31. The largest absolute Gasteiger partial charge is 0.573 e. The Hall–Kier alpha value is -3.04. The minimum atomic E-state index is -4.77. The van der Waals surface area contributed by atoms with Crippen molar-refractivity contribution in [2.45, 2.75) is 51.8 Å². The van der Waals surface area contributed by atoms with E-state index in [4.69, 9.17) is 4.74 Å². The number of benzene rings is 1. The molecule has 0 atom stereocenters. The Labute approximate surface area is 184 Å². The molecule has 7 nitrogen and oxygen atoms in total. The summed E-state index contributed by atoms with van der Waals surface area (Å²) in [6, 6.07) is 5.53. The van der Waals surface area contributed by atoms with E-state index in [0.29, 0.717) is 35.1 Å². The molecule has 0 unspecified atom stereocenters. The number of fused-ring (bicyclic) bond motifs is 3. The van der Waals surface area contributed by atoms with E-state index in [-0.39, 0.29) is 5.75 Å². The van der Waals surface area contributed by atoms with Crippen molar-refractivity contribution in [2.75, 3.05) is 25.1 Å². The second-order valence-corrected chi connectivity index (χ2v) is 7.99. The van der Waals surface area contributed by atoms with Gasteiger partial charge in [0, 0.05) is 12.6 Å². The Balaban J connectivity index is 0.000000354. The van der Waals surface area contributed by atoms with Gasteiger partial charge in [0.05, 0.1) is 12.2 Å². The molecule has 1 aromatic carbocycles. The second-order valence-electron chi connectivity index (χ2n) is 7.99. The molecule has 0 amide bonds. The molecular formula is C22H26F3N5O2. The van der Waals surface area contributed by atoms with Crippen molar-refractivity contribution in [3.05, 3.63) is 30.0 Å². The third-order valence-corrected chi connectivity index (χ3v) is 5.53. The van der Waals surface area contributed by atoms with Crippen molar-refractivity contribution in [1.82, 2.24) is 19.8 Å². The highest BCUT2D eigenvalue weighted by atomic mass is 19.4. The number of likely N-dealkylation sites (N-methyl/N-ethyl adjacent to an activating group) is 1. The lowest BCUT2D eigenvalue weighted by Crippen LogP contribution is -2.30. The van der Waals surface area contributed by atoms with Crippen LogP contribution in [0.4, 0.5) is 18.9 Å². The van der Waals surface area contributed by atoms with Crippen LogP contribution < -0.4 is 14.4 Å². The van der Waals surface area contributed by atoms with Crippen LogP contribution in [-0.4, -0.2) is 46.4 Å². The van der Waals surface area contributed by atoms with E-state index >= 15 is 0 Å². The second kappa shape index (κ2) is 9.22. The number of aryl methyl sites for hydroxylation is 1. The van der Waals surface area contributed by atoms with Crippen LogP contribution in [0.15, 0.2) is 24.3 Å². The summed E-state index contributed by atoms with van der Waals surface area (Å²) in [5.74, 6) is 0.528. The fourth-order valence-electron chi connectivity index (χ4n) is 4.04. The molecule has 3 aromatic rings. The molecule has 0 N–H and O–H groups in total. The zero-order valence-electron chi connectivity index (χ0n) is 18.2. The molecule has 32 heavy (non-hydrogen) atoms. The van der Waals surface area contributed by atoms with E-state index in [9.17, 15) is 13.2 Å². The molecule has 0 spiro atoms. The zero-order chi connectivity index (χ0) is 22.7. The van der Waals surface area contributed by atoms with Crippen LogP contribution in [-0.2, 0) is 0 Å². The van der Waals surface area contributed by atoms with Crippen molar-refractivity contribution in [3.63, 3.8) is 0 Å². The van der Waals surface area contributed by atoms with E-state index in [1.807, 2.05) is 18.9 Å². The van der Waals surface area contributed by atoms with E-state index in [1.54, 1.807) is 6.07 Å². The van der Waals surface area contributed by atoms with Gasteiger partial charge in [-0.2, -0.15) is 9.61 Å². The molecule has 1 aliphatic carbocycles. The quantitative estimate of drug-likeness (QED) is 0.538. The van der Waals surface area contributed by atoms with E-state index in [0.717, 1.165) is 12.2 Å². The van der Waals surface area contributed by atoms with Crippen LogP contribution >= 0.6 is 0 Å². The monoisotopic (exact) mass is 449 g/mol. The van der Waals surface area contributed by atoms with Crippen molar-refractivity contribution < 1.29 is 22.6 Å². The summed E-state index contributed by atoms with van der Waals surface area (Å²) < 4.78 is 48.6. The van der Waals surface area contributed by atoms with Crippen molar-refractivity contribution >= 4 is 11.3 Å². The van der Waals surface area contributed by atoms with Crippen LogP contribution in [0.3, 0.4) is 0 Å². The average molecular weight is 449 g/mol. The molecule has 0 radical (unpaired) electrons. The number of nitrogens with zero attached hydrogens (tertiary/aromatic N) is 5. The SMILES string of the molecule is C1CCCCC1.Cc1nn2c(-c3cccc(OC(F)(F)F)c3)nnc2c2c1N(C)CCO2. The number of alkyl halides is 3. The molecular weight excluding hydrogens is 423 g/mol. The minimum Gasteiger partial charge on any atom is -0.486 e. The molecule has 2 aliphatic rings. The highest BCUT2D eigenvalue weighted by Crippen LogP contribution is 2.37. The number of rotatable bonds is 2. The Morgan fingerprint density at radius 1 is 1.03 bits per heavy atom. The number of aromatic nitrogens is 4. The summed E-state index contributed by atoms with van der Waals surface area (Å²) in [7, 11) is 1.93. The van der Waals surface area contributed by atoms with Gasteiger partial charge in [-0.25, -0.2) is 0 Å². The number of ether oxygens (including phenoxy) is 2. The Kier molecular flexibility index (Phi) is 6.38. The lowest BCUT2D eigenvalue weighted by atomic mass is 10.0. The minimum absolute atomic E-state index is 0.301. The summed E-state index contributed by atoms with van der Waals surface area (Å²) in [4.78, 5) is 2.02. The summed E-state index contributed by atoms with van der Waals surface area (Å²) in [6.45, 7) is 3.06. The Morgan fingerprint density at radius 3 is 2.38 bits per heavy atom. The maximum absolute atomic E-state index is 12.5. The molecule has 2 aromatic heterocycles. The van der Waals surface area contributed by atoms with Gasteiger partial charge in [-0.3, -0.25) is 0 Å². The Morgan fingerprint density at radius 2 is 1.72 bits per heavy atom. The summed E-state index contributed by atoms with van der Waals surface area (Å²) in [5, 5.41) is 12.7. The van der Waals surface area contributed by atoms with E-state index in [1.165, 1.54) is 61.2 Å². The van der Waals surface area contributed by atoms with E-state index in [2.05, 4.69) is 20.0 Å². The number of anilines is 1. The maximum Gasteiger partial charge on any atom is 0.573 e. The van der Waals surface area contributed by atoms with Crippen LogP contribution in [0.2, 0.25) is 0 Å². The predicted octanol–water partition coefficient (Wildman–Crippen LogP) is 5.17. The average Bonchev–Trinajstić information content (AvgIpc) is 3.18. The van der Waals surface area contributed by atoms with Gasteiger partial charge in [0.1, 0.15) is 18.0 Å². The number of hydrogen-bond acceptors (Lipinski definition) is 6. The Bertz CT molecular complexity index is 1070. The molecule has 1 saturated carbocycles. The predicted molar refractivity (Wildman–Crippen MR) is 114 cm³/mol. The van der Waals surface area contributed by atoms with Gasteiger partial charge in [-0.1, -0.05) is 50.7 Å². The van der Waals surface area contributed by atoms with Gasteiger partial charge in [0.15, 0.2) is 11.6 Å². The third-order valence-electron chi connectivity index (χ3n) is 5.53. The molecule has 1 fully saturated rings. The molecule has 10 heteroatoms.